The van der Waals surface area contributed by atoms with Crippen molar-refractivity contribution in [3.63, 3.8) is 0 Å². The second-order valence-electron chi connectivity index (χ2n) is 8.24. The van der Waals surface area contributed by atoms with E-state index in [2.05, 4.69) is 22.0 Å². The van der Waals surface area contributed by atoms with Gasteiger partial charge in [0.2, 0.25) is 0 Å². The van der Waals surface area contributed by atoms with Gasteiger partial charge in [-0.3, -0.25) is 4.79 Å². The van der Waals surface area contributed by atoms with Crippen molar-refractivity contribution in [2.45, 2.75) is 25.5 Å². The van der Waals surface area contributed by atoms with Crippen LogP contribution in [0.4, 0.5) is 0 Å². The first kappa shape index (κ1) is 20.8. The molecule has 0 spiro atoms. The van der Waals surface area contributed by atoms with E-state index in [0.717, 1.165) is 60.4 Å². The van der Waals surface area contributed by atoms with Crippen molar-refractivity contribution in [1.29, 1.82) is 0 Å². The Morgan fingerprint density at radius 2 is 2.10 bits per heavy atom. The molecule has 1 N–H and O–H groups in total. The van der Waals surface area contributed by atoms with E-state index in [0.29, 0.717) is 19.5 Å². The first-order chi connectivity index (χ1) is 15.0. The van der Waals surface area contributed by atoms with Crippen LogP contribution in [0.25, 0.3) is 11.0 Å². The minimum Gasteiger partial charge on any atom is -0.395 e. The van der Waals surface area contributed by atoms with Crippen LogP contribution in [0, 0.1) is 12.8 Å². The lowest BCUT2D eigenvalue weighted by atomic mass is 9.91. The Morgan fingerprint density at radius 3 is 2.87 bits per heavy atom. The Balaban J connectivity index is 1.36. The van der Waals surface area contributed by atoms with Gasteiger partial charge >= 0.3 is 0 Å². The van der Waals surface area contributed by atoms with E-state index in [1.54, 1.807) is 11.1 Å². The number of aliphatic hydroxyl groups is 1. The van der Waals surface area contributed by atoms with E-state index >= 15 is 0 Å². The number of carbonyl (C=O) groups is 1. The molecule has 2 aromatic heterocycles. The number of pyridine rings is 1. The fraction of sp³-hybridized carbons (Fsp3) is 0.409. The molecule has 0 aliphatic carbocycles. The second kappa shape index (κ2) is 8.47. The van der Waals surface area contributed by atoms with Crippen molar-refractivity contribution in [3.05, 3.63) is 53.0 Å². The van der Waals surface area contributed by atoms with Gasteiger partial charge < -0.3 is 14.4 Å². The van der Waals surface area contributed by atoms with Crippen LogP contribution >= 0.6 is 20.2 Å². The molecule has 3 aliphatic rings. The minimum atomic E-state index is -0.0867. The van der Waals surface area contributed by atoms with Crippen molar-refractivity contribution in [1.82, 2.24) is 19.3 Å². The number of halogens is 1. The Kier molecular flexibility index (Phi) is 5.69. The first-order valence-electron chi connectivity index (χ1n) is 10.6. The number of rotatable bonds is 4. The van der Waals surface area contributed by atoms with Gasteiger partial charge in [0, 0.05) is 36.5 Å². The number of allylic oxidation sites excluding steroid dienone is 1. The lowest BCUT2D eigenvalue weighted by Crippen LogP contribution is -2.41. The molecule has 0 radical (unpaired) electrons. The van der Waals surface area contributed by atoms with Gasteiger partial charge in [-0.2, -0.15) is 5.10 Å². The minimum absolute atomic E-state index is 0.0512. The number of piperidine rings is 1. The molecule has 5 rings (SSSR count). The number of amides is 1. The van der Waals surface area contributed by atoms with E-state index in [9.17, 15) is 4.79 Å². The number of carbonyl (C=O) groups excluding carboxylic acids is 1. The topological polar surface area (TPSA) is 73.4 Å². The summed E-state index contributed by atoms with van der Waals surface area (Å²) in [5.41, 5.74) is 3.57. The fourth-order valence-corrected chi connectivity index (χ4v) is 6.07. The van der Waals surface area contributed by atoms with Gasteiger partial charge in [-0.25, -0.2) is 9.99 Å². The van der Waals surface area contributed by atoms with E-state index in [4.69, 9.17) is 21.8 Å². The van der Waals surface area contributed by atoms with Gasteiger partial charge in [-0.15, -0.1) is 0 Å². The average molecular weight is 458 g/mol. The lowest BCUT2D eigenvalue weighted by molar-refractivity contribution is -0.126. The summed E-state index contributed by atoms with van der Waals surface area (Å²) >= 11 is 6.45. The summed E-state index contributed by atoms with van der Waals surface area (Å²) in [7, 11) is 0.399. The van der Waals surface area contributed by atoms with Crippen LogP contribution in [0.1, 0.15) is 24.1 Å². The molecule has 2 atom stereocenters. The van der Waals surface area contributed by atoms with Crippen LogP contribution in [0.3, 0.4) is 0 Å². The zero-order valence-electron chi connectivity index (χ0n) is 17.3. The number of hydrogen-bond donors (Lipinski definition) is 1. The highest BCUT2D eigenvalue weighted by Gasteiger charge is 2.32. The van der Waals surface area contributed by atoms with Crippen LogP contribution in [0.2, 0.25) is 5.02 Å². The highest BCUT2D eigenvalue weighted by molar-refractivity contribution is 7.51. The van der Waals surface area contributed by atoms with Crippen molar-refractivity contribution >= 4 is 42.8 Å². The molecule has 5 heterocycles. The second-order valence-corrected chi connectivity index (χ2v) is 10.1. The molecule has 2 unspecified atom stereocenters. The molecule has 0 saturated carbocycles. The van der Waals surface area contributed by atoms with Crippen molar-refractivity contribution in [2.75, 3.05) is 26.2 Å². The number of hydrogen-bond acceptors (Lipinski definition) is 5. The Morgan fingerprint density at radius 1 is 1.29 bits per heavy atom. The fourth-order valence-electron chi connectivity index (χ4n) is 4.48. The van der Waals surface area contributed by atoms with Gasteiger partial charge in [0.25, 0.3) is 5.91 Å². The summed E-state index contributed by atoms with van der Waals surface area (Å²) in [6.07, 6.45) is 11.8. The number of aliphatic hydroxyl groups excluding tert-OH is 1. The van der Waals surface area contributed by atoms with Crippen LogP contribution in [-0.2, 0) is 4.79 Å². The number of imidazole rings is 1. The Labute approximate surface area is 187 Å². The Bertz CT molecular complexity index is 1120. The zero-order chi connectivity index (χ0) is 21.5. The van der Waals surface area contributed by atoms with Gasteiger partial charge in [0.1, 0.15) is 0 Å². The maximum atomic E-state index is 13.0. The summed E-state index contributed by atoms with van der Waals surface area (Å²) < 4.78 is 1.92. The third kappa shape index (κ3) is 4.08. The summed E-state index contributed by atoms with van der Waals surface area (Å²) in [6, 6.07) is 1.90. The number of hydrazone groups is 1. The van der Waals surface area contributed by atoms with Crippen molar-refractivity contribution in [2.24, 2.45) is 11.0 Å². The van der Waals surface area contributed by atoms with E-state index in [-0.39, 0.29) is 18.3 Å². The van der Waals surface area contributed by atoms with Crippen LogP contribution in [-0.4, -0.2) is 68.0 Å². The molecule has 162 valence electrons. The highest BCUT2D eigenvalue weighted by atomic mass is 35.5. The molecule has 1 amide bonds. The predicted molar refractivity (Wildman–Crippen MR) is 125 cm³/mol. The molecule has 9 heteroatoms. The molecule has 3 aliphatic heterocycles. The molecule has 0 aromatic carbocycles. The maximum absolute atomic E-state index is 13.0. The molecule has 2 aromatic rings. The summed E-state index contributed by atoms with van der Waals surface area (Å²) in [6.45, 7) is 4.77. The standard InChI is InChI=1S/C22H25ClN5O2P/c1-14-12-27-13-16(10-17(23)22(27)24-14)19-11-20(30)28-21(31-19)3-2-18(25-28)15-4-6-26(7-5-15)8-9-29/h2-3,10-13,15,21,29,31H,4-9H2,1H3. The maximum Gasteiger partial charge on any atom is 0.268 e. The molecule has 7 nitrogen and oxygen atoms in total. The van der Waals surface area contributed by atoms with Gasteiger partial charge in [-0.05, 0) is 50.3 Å². The SMILES string of the molecule is Cc1cn2cc(C3=CC(=O)N4N=C(C5CCN(CCO)CC5)C=CC4P3)cc(Cl)c2n1. The predicted octanol–water partition coefficient (Wildman–Crippen LogP) is 3.11. The van der Waals surface area contributed by atoms with Crippen LogP contribution in [0.15, 0.2) is 41.8 Å². The van der Waals surface area contributed by atoms with Gasteiger partial charge in [0.05, 0.1) is 28.8 Å². The molecule has 1 saturated heterocycles. The molecular formula is C22H25ClN5O2P. The molecular weight excluding hydrogens is 433 g/mol. The van der Waals surface area contributed by atoms with Crippen molar-refractivity contribution in [3.8, 4) is 0 Å². The third-order valence-electron chi connectivity index (χ3n) is 6.09. The highest BCUT2D eigenvalue weighted by Crippen LogP contribution is 2.45. The Hall–Kier alpha value is -2.05. The quantitative estimate of drug-likeness (QED) is 0.716. The monoisotopic (exact) mass is 457 g/mol. The van der Waals surface area contributed by atoms with Crippen LogP contribution < -0.4 is 0 Å². The summed E-state index contributed by atoms with van der Waals surface area (Å²) in [5.74, 6) is 0.223. The van der Waals surface area contributed by atoms with E-state index < -0.39 is 0 Å². The van der Waals surface area contributed by atoms with Gasteiger partial charge in [-0.1, -0.05) is 26.3 Å². The number of β-amino-alcohol motifs (C(OH)–C–C–N with tert-alkyl or cyclic N) is 1. The van der Waals surface area contributed by atoms with E-state index in [1.165, 1.54) is 0 Å². The third-order valence-corrected chi connectivity index (χ3v) is 7.85. The van der Waals surface area contributed by atoms with Crippen molar-refractivity contribution < 1.29 is 9.90 Å². The summed E-state index contributed by atoms with van der Waals surface area (Å²) in [4.78, 5) is 19.7. The molecule has 31 heavy (non-hydrogen) atoms. The number of aromatic nitrogens is 2. The normalized spacial score (nSPS) is 23.4. The van der Waals surface area contributed by atoms with E-state index in [1.807, 2.05) is 29.8 Å². The number of aryl methyl sites for hydroxylation is 1. The molecule has 1 fully saturated rings. The smallest absolute Gasteiger partial charge is 0.268 e. The number of likely N-dealkylation sites (tertiary alicyclic amines) is 1. The summed E-state index contributed by atoms with van der Waals surface area (Å²) in [5, 5.41) is 17.1. The van der Waals surface area contributed by atoms with Crippen LogP contribution in [0.5, 0.6) is 0 Å². The van der Waals surface area contributed by atoms with Gasteiger partial charge in [0.15, 0.2) is 5.65 Å². The average Bonchev–Trinajstić information content (AvgIpc) is 3.15. The molecule has 0 bridgehead atoms. The lowest BCUT2D eigenvalue weighted by Gasteiger charge is -2.36. The number of fused-ring (bicyclic) bond motifs is 2. The zero-order valence-corrected chi connectivity index (χ0v) is 19.1. The first-order valence-corrected chi connectivity index (χ1v) is 12.0. The largest absolute Gasteiger partial charge is 0.395 e. The number of nitrogens with zero attached hydrogens (tertiary/aromatic N) is 5.